The number of rotatable bonds is 50. The molecule has 0 aromatic heterocycles. The molecule has 0 heterocycles. The summed E-state index contributed by atoms with van der Waals surface area (Å²) in [5.74, 6) is 0.513. The zero-order chi connectivity index (χ0) is 48.7. The van der Waals surface area contributed by atoms with Crippen LogP contribution in [0.2, 0.25) is 0 Å². The molecule has 0 aliphatic heterocycles. The van der Waals surface area contributed by atoms with Crippen LogP contribution in [0.5, 0.6) is 0 Å². The molecule has 398 valence electrons. The molecule has 1 aliphatic carbocycles. The molecule has 3 atom stereocenters. The predicted octanol–water partition coefficient (Wildman–Crippen LogP) is 14.8. The Morgan fingerprint density at radius 3 is 1.43 bits per heavy atom. The van der Waals surface area contributed by atoms with Crippen molar-refractivity contribution in [1.29, 1.82) is 0 Å². The first-order valence-corrected chi connectivity index (χ1v) is 29.5. The van der Waals surface area contributed by atoms with Gasteiger partial charge in [-0.05, 0) is 63.3 Å². The van der Waals surface area contributed by atoms with E-state index in [4.69, 9.17) is 18.9 Å². The predicted molar refractivity (Wildman–Crippen MR) is 283 cm³/mol. The van der Waals surface area contributed by atoms with Gasteiger partial charge in [0.2, 0.25) is 0 Å². The van der Waals surface area contributed by atoms with Gasteiger partial charge < -0.3 is 24.1 Å². The Balaban J connectivity index is 2.92. The summed E-state index contributed by atoms with van der Waals surface area (Å²) in [6, 6.07) is 0.534. The monoisotopic (exact) mass is 951 g/mol. The summed E-state index contributed by atoms with van der Waals surface area (Å²) in [4.78, 5) is 31.3. The molecular weight excluding hydrogens is 837 g/mol. The van der Waals surface area contributed by atoms with E-state index in [1.54, 1.807) is 0 Å². The number of aliphatic hydroxyl groups is 1. The molecule has 9 nitrogen and oxygen atoms in total. The number of carbonyl (C=O) groups excluding carboxylic acids is 2. The van der Waals surface area contributed by atoms with Crippen LogP contribution < -0.4 is 0 Å². The second kappa shape index (κ2) is 48.4. The maximum absolute atomic E-state index is 13.2. The van der Waals surface area contributed by atoms with Crippen LogP contribution in [-0.4, -0.2) is 111 Å². The number of carbonyl (C=O) groups is 2. The molecule has 1 aliphatic rings. The van der Waals surface area contributed by atoms with Gasteiger partial charge in [-0.2, -0.15) is 0 Å². The van der Waals surface area contributed by atoms with E-state index in [1.807, 2.05) is 0 Å². The second-order valence-corrected chi connectivity index (χ2v) is 20.7. The van der Waals surface area contributed by atoms with Gasteiger partial charge in [0.15, 0.2) is 0 Å². The molecule has 0 aromatic rings. The van der Waals surface area contributed by atoms with Crippen molar-refractivity contribution < 1.29 is 33.6 Å². The van der Waals surface area contributed by atoms with Crippen LogP contribution in [0.3, 0.4) is 0 Å². The molecule has 0 amide bonds. The third-order valence-electron chi connectivity index (χ3n) is 14.5. The van der Waals surface area contributed by atoms with Gasteiger partial charge in [0.1, 0.15) is 0 Å². The first-order chi connectivity index (χ1) is 32.9. The standard InChI is InChI=1S/C58H114N2O7/c1-6-11-16-20-22-24-30-36-53(34-27-15-10-5)50-66-57(62)40-47-64-52-56(49-59(42-33-19-14-9-4)43-44-60(45-46-61)55-38-31-25-26-32-39-55)65-48-41-58(63)67-51-54(35-28-18-13-8-3)37-29-23-21-17-12-7-2/h53-56,61H,6-52H2,1-5H3. The van der Waals surface area contributed by atoms with E-state index in [1.165, 1.54) is 186 Å². The Labute approximate surface area is 416 Å². The van der Waals surface area contributed by atoms with Gasteiger partial charge in [-0.15, -0.1) is 0 Å². The molecule has 9 heteroatoms. The summed E-state index contributed by atoms with van der Waals surface area (Å²) in [6.07, 6.45) is 42.5. The molecule has 0 spiro atoms. The van der Waals surface area contributed by atoms with Crippen molar-refractivity contribution in [2.45, 2.75) is 278 Å². The Morgan fingerprint density at radius 2 is 0.925 bits per heavy atom. The van der Waals surface area contributed by atoms with Crippen LogP contribution in [0, 0.1) is 11.8 Å². The molecule has 67 heavy (non-hydrogen) atoms. The molecule has 1 saturated carbocycles. The van der Waals surface area contributed by atoms with E-state index in [9.17, 15) is 14.7 Å². The van der Waals surface area contributed by atoms with Gasteiger partial charge in [0.25, 0.3) is 0 Å². The van der Waals surface area contributed by atoms with Crippen LogP contribution in [0.4, 0.5) is 0 Å². The highest BCUT2D eigenvalue weighted by Gasteiger charge is 2.23. The minimum Gasteiger partial charge on any atom is -0.465 e. The first kappa shape index (κ1) is 63.8. The summed E-state index contributed by atoms with van der Waals surface area (Å²) >= 11 is 0. The van der Waals surface area contributed by atoms with E-state index in [-0.39, 0.29) is 44.1 Å². The lowest BCUT2D eigenvalue weighted by molar-refractivity contribution is -0.149. The minimum absolute atomic E-state index is 0.177. The van der Waals surface area contributed by atoms with Crippen molar-refractivity contribution in [2.24, 2.45) is 11.8 Å². The van der Waals surface area contributed by atoms with Gasteiger partial charge in [0, 0.05) is 32.2 Å². The summed E-state index contributed by atoms with van der Waals surface area (Å²) in [5.41, 5.74) is 0. The number of esters is 2. The molecule has 1 fully saturated rings. The summed E-state index contributed by atoms with van der Waals surface area (Å²) in [6.45, 7) is 17.6. The fraction of sp³-hybridized carbons (Fsp3) is 0.966. The fourth-order valence-corrected chi connectivity index (χ4v) is 10.0. The lowest BCUT2D eigenvalue weighted by Crippen LogP contribution is -2.45. The minimum atomic E-state index is -0.247. The van der Waals surface area contributed by atoms with Gasteiger partial charge in [-0.3, -0.25) is 19.4 Å². The smallest absolute Gasteiger partial charge is 0.308 e. The van der Waals surface area contributed by atoms with E-state index in [2.05, 4.69) is 44.4 Å². The largest absolute Gasteiger partial charge is 0.465 e. The normalized spacial score (nSPS) is 15.0. The van der Waals surface area contributed by atoms with E-state index in [0.717, 1.165) is 51.7 Å². The van der Waals surface area contributed by atoms with Gasteiger partial charge >= 0.3 is 11.9 Å². The van der Waals surface area contributed by atoms with Gasteiger partial charge in [-0.1, -0.05) is 208 Å². The van der Waals surface area contributed by atoms with Gasteiger partial charge in [0.05, 0.1) is 58.6 Å². The van der Waals surface area contributed by atoms with Crippen molar-refractivity contribution in [1.82, 2.24) is 9.80 Å². The SMILES string of the molecule is CCCCCCCCCC(CCCCC)COC(=O)CCOCC(CN(CCCCCC)CCN(CCO)C1CCCCCC1)OCCC(=O)OCC(CCCCCC)CCCCCCCC. The molecule has 0 bridgehead atoms. The zero-order valence-corrected chi connectivity index (χ0v) is 45.3. The molecule has 1 rings (SSSR count). The number of unbranched alkanes of at least 4 members (excludes halogenated alkanes) is 19. The molecule has 1 N–H and O–H groups in total. The average Bonchev–Trinajstić information content (AvgIpc) is 3.62. The number of hydrogen-bond acceptors (Lipinski definition) is 9. The molecule has 0 radical (unpaired) electrons. The Morgan fingerprint density at radius 1 is 0.493 bits per heavy atom. The zero-order valence-electron chi connectivity index (χ0n) is 45.3. The topological polar surface area (TPSA) is 97.8 Å². The van der Waals surface area contributed by atoms with Crippen LogP contribution in [0.1, 0.15) is 266 Å². The van der Waals surface area contributed by atoms with E-state index >= 15 is 0 Å². The average molecular weight is 952 g/mol. The van der Waals surface area contributed by atoms with Crippen LogP contribution in [0.25, 0.3) is 0 Å². The van der Waals surface area contributed by atoms with Crippen LogP contribution >= 0.6 is 0 Å². The molecule has 3 unspecified atom stereocenters. The third kappa shape index (κ3) is 39.1. The number of aliphatic hydroxyl groups excluding tert-OH is 1. The molecular formula is C58H114N2O7. The molecule has 0 saturated heterocycles. The van der Waals surface area contributed by atoms with Crippen LogP contribution in [-0.2, 0) is 28.5 Å². The third-order valence-corrected chi connectivity index (χ3v) is 14.5. The second-order valence-electron chi connectivity index (χ2n) is 20.7. The van der Waals surface area contributed by atoms with E-state index < -0.39 is 0 Å². The summed E-state index contributed by atoms with van der Waals surface area (Å²) < 4.78 is 24.6. The first-order valence-electron chi connectivity index (χ1n) is 29.5. The number of nitrogens with zero attached hydrogens (tertiary/aromatic N) is 2. The summed E-state index contributed by atoms with van der Waals surface area (Å²) in [5, 5.41) is 10.1. The lowest BCUT2D eigenvalue weighted by Gasteiger charge is -2.34. The van der Waals surface area contributed by atoms with Crippen molar-refractivity contribution in [3.8, 4) is 0 Å². The van der Waals surface area contributed by atoms with E-state index in [0.29, 0.717) is 57.4 Å². The van der Waals surface area contributed by atoms with Crippen molar-refractivity contribution in [2.75, 3.05) is 72.4 Å². The maximum Gasteiger partial charge on any atom is 0.308 e. The van der Waals surface area contributed by atoms with Crippen molar-refractivity contribution in [3.63, 3.8) is 0 Å². The maximum atomic E-state index is 13.2. The quantitative estimate of drug-likeness (QED) is 0.0363. The van der Waals surface area contributed by atoms with Crippen LogP contribution in [0.15, 0.2) is 0 Å². The highest BCUT2D eigenvalue weighted by atomic mass is 16.6. The summed E-state index contributed by atoms with van der Waals surface area (Å²) in [7, 11) is 0. The van der Waals surface area contributed by atoms with Crippen molar-refractivity contribution >= 4 is 11.9 Å². The fourth-order valence-electron chi connectivity index (χ4n) is 10.0. The Kier molecular flexibility index (Phi) is 46.0. The number of ether oxygens (including phenoxy) is 4. The lowest BCUT2D eigenvalue weighted by atomic mass is 9.95. The Bertz CT molecular complexity index is 1060. The highest BCUT2D eigenvalue weighted by Crippen LogP contribution is 2.23. The van der Waals surface area contributed by atoms with Crippen molar-refractivity contribution in [3.05, 3.63) is 0 Å². The number of hydrogen-bond donors (Lipinski definition) is 1. The highest BCUT2D eigenvalue weighted by molar-refractivity contribution is 5.69. The Hall–Kier alpha value is -1.26. The van der Waals surface area contributed by atoms with Gasteiger partial charge in [-0.25, -0.2) is 0 Å². The molecule has 0 aromatic carbocycles.